The smallest absolute Gasteiger partial charge is 0.271 e. The number of amides is 1. The summed E-state index contributed by atoms with van der Waals surface area (Å²) in [6.45, 7) is 0. The van der Waals surface area contributed by atoms with E-state index in [4.69, 9.17) is 4.74 Å². The fourth-order valence-electron chi connectivity index (χ4n) is 2.62. The van der Waals surface area contributed by atoms with Crippen LogP contribution in [0.5, 0.6) is 5.75 Å². The lowest BCUT2D eigenvalue weighted by atomic mass is 10.1. The molecule has 0 bridgehead atoms. The molecule has 0 saturated carbocycles. The lowest BCUT2D eigenvalue weighted by molar-refractivity contribution is 0.0936. The Morgan fingerprint density at radius 1 is 1.19 bits per heavy atom. The molecule has 1 aromatic heterocycles. The first-order chi connectivity index (χ1) is 13.1. The number of hydrogen-bond donors (Lipinski definition) is 1. The van der Waals surface area contributed by atoms with Crippen molar-refractivity contribution in [3.63, 3.8) is 0 Å². The van der Waals surface area contributed by atoms with Crippen molar-refractivity contribution in [3.05, 3.63) is 71.2 Å². The summed E-state index contributed by atoms with van der Waals surface area (Å²) in [6.07, 6.45) is 1.63. The number of rotatable bonds is 7. The Balaban J connectivity index is 1.76. The fraction of sp³-hybridized carbons (Fsp3) is 0.200. The van der Waals surface area contributed by atoms with Crippen molar-refractivity contribution in [3.8, 4) is 16.3 Å². The highest BCUT2D eigenvalue weighted by Crippen LogP contribution is 2.26. The van der Waals surface area contributed by atoms with Crippen LogP contribution in [-0.2, 0) is 10.8 Å². The summed E-state index contributed by atoms with van der Waals surface area (Å²) in [5, 5.41) is 5.45. The Hall–Kier alpha value is -2.51. The van der Waals surface area contributed by atoms with E-state index in [0.29, 0.717) is 11.4 Å². The molecule has 1 heterocycles. The monoisotopic (exact) mass is 400 g/mol. The molecule has 0 aliphatic carbocycles. The van der Waals surface area contributed by atoms with Crippen LogP contribution < -0.4 is 10.1 Å². The van der Waals surface area contributed by atoms with Gasteiger partial charge in [0.15, 0.2) is 0 Å². The van der Waals surface area contributed by atoms with Gasteiger partial charge in [0.25, 0.3) is 5.91 Å². The zero-order chi connectivity index (χ0) is 19.2. The first-order valence-corrected chi connectivity index (χ1v) is 10.9. The van der Waals surface area contributed by atoms with Gasteiger partial charge in [-0.25, -0.2) is 4.98 Å². The molecule has 2 aromatic carbocycles. The molecular weight excluding hydrogens is 380 g/mol. The number of ether oxygens (including phenoxy) is 1. The Morgan fingerprint density at radius 3 is 2.52 bits per heavy atom. The summed E-state index contributed by atoms with van der Waals surface area (Å²) in [5.74, 6) is 0.849. The third-order valence-electron chi connectivity index (χ3n) is 3.98. The topological polar surface area (TPSA) is 68.3 Å². The number of aromatic nitrogens is 1. The molecular formula is C20H20N2O3S2. The predicted molar refractivity (Wildman–Crippen MR) is 110 cm³/mol. The normalized spacial score (nSPS) is 13.0. The van der Waals surface area contributed by atoms with E-state index in [1.165, 1.54) is 11.3 Å². The van der Waals surface area contributed by atoms with Crippen molar-refractivity contribution in [2.75, 3.05) is 19.1 Å². The van der Waals surface area contributed by atoms with E-state index >= 15 is 0 Å². The summed E-state index contributed by atoms with van der Waals surface area (Å²) < 4.78 is 16.9. The van der Waals surface area contributed by atoms with Gasteiger partial charge in [-0.2, -0.15) is 0 Å². The van der Waals surface area contributed by atoms with Crippen LogP contribution in [0.1, 0.15) is 22.1 Å². The molecule has 27 heavy (non-hydrogen) atoms. The third-order valence-corrected chi connectivity index (χ3v) is 5.68. The minimum atomic E-state index is -1.04. The zero-order valence-corrected chi connectivity index (χ0v) is 16.7. The number of carbonyl (C=O) groups is 1. The molecule has 3 aromatic rings. The van der Waals surface area contributed by atoms with Gasteiger partial charge in [0.1, 0.15) is 16.5 Å². The second-order valence-electron chi connectivity index (χ2n) is 5.94. The van der Waals surface area contributed by atoms with Gasteiger partial charge in [0.2, 0.25) is 0 Å². The molecule has 5 nitrogen and oxygen atoms in total. The molecule has 0 unspecified atom stereocenters. The van der Waals surface area contributed by atoms with Gasteiger partial charge in [0, 0.05) is 33.8 Å². The second kappa shape index (κ2) is 8.92. The van der Waals surface area contributed by atoms with E-state index in [2.05, 4.69) is 10.3 Å². The van der Waals surface area contributed by atoms with E-state index < -0.39 is 10.8 Å². The van der Waals surface area contributed by atoms with Gasteiger partial charge >= 0.3 is 0 Å². The first-order valence-electron chi connectivity index (χ1n) is 8.32. The van der Waals surface area contributed by atoms with E-state index in [0.717, 1.165) is 21.9 Å². The highest BCUT2D eigenvalue weighted by molar-refractivity contribution is 7.84. The summed E-state index contributed by atoms with van der Waals surface area (Å²) in [7, 11) is 0.577. The Morgan fingerprint density at radius 2 is 1.89 bits per heavy atom. The van der Waals surface area contributed by atoms with Crippen molar-refractivity contribution >= 4 is 28.0 Å². The van der Waals surface area contributed by atoms with Gasteiger partial charge < -0.3 is 10.1 Å². The second-order valence-corrected chi connectivity index (χ2v) is 8.28. The Kier molecular flexibility index (Phi) is 6.36. The van der Waals surface area contributed by atoms with E-state index in [9.17, 15) is 9.00 Å². The van der Waals surface area contributed by atoms with Crippen molar-refractivity contribution in [1.82, 2.24) is 10.3 Å². The summed E-state index contributed by atoms with van der Waals surface area (Å²) in [4.78, 5) is 17.1. The highest BCUT2D eigenvalue weighted by Gasteiger charge is 2.19. The average Bonchev–Trinajstić information content (AvgIpc) is 3.18. The van der Waals surface area contributed by atoms with Crippen molar-refractivity contribution in [1.29, 1.82) is 0 Å². The van der Waals surface area contributed by atoms with Crippen LogP contribution in [0, 0.1) is 0 Å². The standard InChI is InChI=1S/C20H20N2O3S2/c1-25-16-10-8-15(9-11-16)20-22-17(12-26-20)19(23)21-18(13-27(2)24)14-6-4-3-5-7-14/h3-12,18H,13H2,1-2H3,(H,21,23)/t18-,27-/m0/s1. The molecule has 7 heteroatoms. The molecule has 140 valence electrons. The molecule has 1 amide bonds. The third kappa shape index (κ3) is 5.02. The molecule has 0 aliphatic rings. The SMILES string of the molecule is COc1ccc(-c2nc(C(=O)N[C@@H](C[S@](C)=O)c3ccccc3)cs2)cc1. The van der Waals surface area contributed by atoms with Crippen LogP contribution in [0.3, 0.4) is 0 Å². The van der Waals surface area contributed by atoms with Crippen molar-refractivity contribution in [2.24, 2.45) is 0 Å². The average molecular weight is 401 g/mol. The predicted octanol–water partition coefficient (Wildman–Crippen LogP) is 3.67. The number of nitrogens with zero attached hydrogens (tertiary/aromatic N) is 1. The fourth-order valence-corrected chi connectivity index (χ4v) is 4.17. The summed E-state index contributed by atoms with van der Waals surface area (Å²) >= 11 is 1.41. The largest absolute Gasteiger partial charge is 0.497 e. The molecule has 1 N–H and O–H groups in total. The van der Waals surface area contributed by atoms with Crippen LogP contribution in [0.2, 0.25) is 0 Å². The van der Waals surface area contributed by atoms with Crippen LogP contribution in [0.4, 0.5) is 0 Å². The Labute approximate surface area is 164 Å². The summed E-state index contributed by atoms with van der Waals surface area (Å²) in [5.41, 5.74) is 2.20. The number of methoxy groups -OCH3 is 1. The summed E-state index contributed by atoms with van der Waals surface area (Å²) in [6, 6.07) is 16.8. The van der Waals surface area contributed by atoms with Crippen molar-refractivity contribution in [2.45, 2.75) is 6.04 Å². The van der Waals surface area contributed by atoms with E-state index in [-0.39, 0.29) is 11.9 Å². The number of hydrogen-bond acceptors (Lipinski definition) is 5. The molecule has 0 aliphatic heterocycles. The molecule has 0 radical (unpaired) electrons. The number of carbonyl (C=O) groups excluding carboxylic acids is 1. The molecule has 0 fully saturated rings. The Bertz CT molecular complexity index is 924. The molecule has 0 spiro atoms. The molecule has 0 saturated heterocycles. The van der Waals surface area contributed by atoms with Crippen molar-refractivity contribution < 1.29 is 13.7 Å². The molecule has 2 atom stereocenters. The van der Waals surface area contributed by atoms with Crippen LogP contribution in [-0.4, -0.2) is 34.2 Å². The van der Waals surface area contributed by atoms with E-state index in [1.54, 1.807) is 18.7 Å². The minimum Gasteiger partial charge on any atom is -0.497 e. The maximum atomic E-state index is 12.7. The van der Waals surface area contributed by atoms with Gasteiger partial charge in [-0.05, 0) is 29.8 Å². The van der Waals surface area contributed by atoms with Crippen LogP contribution in [0.25, 0.3) is 10.6 Å². The zero-order valence-electron chi connectivity index (χ0n) is 15.0. The highest BCUT2D eigenvalue weighted by atomic mass is 32.2. The number of thiazole rings is 1. The van der Waals surface area contributed by atoms with Crippen LogP contribution in [0.15, 0.2) is 60.0 Å². The lowest BCUT2D eigenvalue weighted by Crippen LogP contribution is -2.32. The van der Waals surface area contributed by atoms with Gasteiger partial charge in [-0.15, -0.1) is 11.3 Å². The number of benzene rings is 2. The van der Waals surface area contributed by atoms with Gasteiger partial charge in [-0.1, -0.05) is 30.3 Å². The van der Waals surface area contributed by atoms with Gasteiger partial charge in [-0.3, -0.25) is 9.00 Å². The maximum Gasteiger partial charge on any atom is 0.271 e. The maximum absolute atomic E-state index is 12.7. The lowest BCUT2D eigenvalue weighted by Gasteiger charge is -2.17. The van der Waals surface area contributed by atoms with E-state index in [1.807, 2.05) is 54.6 Å². The minimum absolute atomic E-state index is 0.273. The first kappa shape index (κ1) is 19.3. The van der Waals surface area contributed by atoms with Gasteiger partial charge in [0.05, 0.1) is 13.2 Å². The molecule has 3 rings (SSSR count). The van der Waals surface area contributed by atoms with Crippen LogP contribution >= 0.6 is 11.3 Å². The number of nitrogens with one attached hydrogen (secondary N) is 1. The quantitative estimate of drug-likeness (QED) is 0.657.